The van der Waals surface area contributed by atoms with Crippen LogP contribution < -0.4 is 10.6 Å². The minimum atomic E-state index is -0.957. The topological polar surface area (TPSA) is 95.5 Å². The van der Waals surface area contributed by atoms with Crippen LogP contribution in [0.5, 0.6) is 0 Å². The third kappa shape index (κ3) is 10.7. The van der Waals surface area contributed by atoms with Gasteiger partial charge in [0.1, 0.15) is 0 Å². The second-order valence-corrected chi connectivity index (χ2v) is 6.40. The minimum absolute atomic E-state index is 0.000799. The van der Waals surface area contributed by atoms with Gasteiger partial charge in [-0.05, 0) is 30.3 Å². The van der Waals surface area contributed by atoms with Crippen LogP contribution in [0.3, 0.4) is 0 Å². The first-order valence-electron chi connectivity index (χ1n) is 6.55. The summed E-state index contributed by atoms with van der Waals surface area (Å²) in [6, 6.07) is -0.523. The molecule has 3 amide bonds. The molecular weight excluding hydrogens is 280 g/mol. The van der Waals surface area contributed by atoms with Gasteiger partial charge < -0.3 is 10.4 Å². The molecule has 6 nitrogen and oxygen atoms in total. The van der Waals surface area contributed by atoms with Crippen LogP contribution in [-0.4, -0.2) is 41.6 Å². The van der Waals surface area contributed by atoms with Gasteiger partial charge in [0.05, 0.1) is 6.42 Å². The second kappa shape index (κ2) is 9.63. The van der Waals surface area contributed by atoms with Crippen LogP contribution in [0.4, 0.5) is 4.79 Å². The Morgan fingerprint density at radius 3 is 2.35 bits per heavy atom. The van der Waals surface area contributed by atoms with Gasteiger partial charge in [0.15, 0.2) is 0 Å². The number of urea groups is 1. The fourth-order valence-corrected chi connectivity index (χ4v) is 2.19. The van der Waals surface area contributed by atoms with E-state index in [1.165, 1.54) is 0 Å². The van der Waals surface area contributed by atoms with Crippen LogP contribution in [-0.2, 0) is 9.59 Å². The standard InChI is InChI=1S/C13H24N2O4S/c1-13(2,9-11(17)18)8-10(16)15-12(19)14-6-4-5-7-20-3/h4-9H2,1-3H3,(H,17,18)(H2,14,15,16,19). The van der Waals surface area contributed by atoms with Crippen molar-refractivity contribution in [3.05, 3.63) is 0 Å². The third-order valence-electron chi connectivity index (χ3n) is 2.58. The highest BCUT2D eigenvalue weighted by molar-refractivity contribution is 7.98. The third-order valence-corrected chi connectivity index (χ3v) is 3.28. The van der Waals surface area contributed by atoms with Crippen LogP contribution in [0.1, 0.15) is 39.5 Å². The molecule has 0 aliphatic rings. The average Bonchev–Trinajstić information content (AvgIpc) is 2.25. The van der Waals surface area contributed by atoms with E-state index >= 15 is 0 Å². The molecular formula is C13H24N2O4S. The largest absolute Gasteiger partial charge is 0.481 e. The van der Waals surface area contributed by atoms with E-state index in [2.05, 4.69) is 10.6 Å². The number of aliphatic carboxylic acids is 1. The summed E-state index contributed by atoms with van der Waals surface area (Å²) in [7, 11) is 0. The molecule has 116 valence electrons. The number of thioether (sulfide) groups is 1. The van der Waals surface area contributed by atoms with Gasteiger partial charge in [-0.25, -0.2) is 4.79 Å². The molecule has 0 aromatic heterocycles. The van der Waals surface area contributed by atoms with Crippen molar-refractivity contribution in [1.82, 2.24) is 10.6 Å². The van der Waals surface area contributed by atoms with E-state index < -0.39 is 23.3 Å². The van der Waals surface area contributed by atoms with Gasteiger partial charge in [-0.3, -0.25) is 14.9 Å². The van der Waals surface area contributed by atoms with Gasteiger partial charge >= 0.3 is 12.0 Å². The first-order valence-corrected chi connectivity index (χ1v) is 7.94. The van der Waals surface area contributed by atoms with E-state index in [4.69, 9.17) is 5.11 Å². The zero-order valence-electron chi connectivity index (χ0n) is 12.3. The van der Waals surface area contributed by atoms with E-state index in [1.807, 2.05) is 6.26 Å². The number of carboxylic acids is 1. The Balaban J connectivity index is 3.90. The molecule has 0 saturated heterocycles. The van der Waals surface area contributed by atoms with E-state index in [0.29, 0.717) is 6.54 Å². The van der Waals surface area contributed by atoms with Crippen molar-refractivity contribution in [2.75, 3.05) is 18.6 Å². The number of carbonyl (C=O) groups is 3. The number of carbonyl (C=O) groups excluding carboxylic acids is 2. The average molecular weight is 304 g/mol. The molecule has 0 bridgehead atoms. The second-order valence-electron chi connectivity index (χ2n) is 5.42. The molecule has 0 aliphatic carbocycles. The van der Waals surface area contributed by atoms with Crippen LogP contribution in [0.2, 0.25) is 0 Å². The van der Waals surface area contributed by atoms with Crippen molar-refractivity contribution in [2.45, 2.75) is 39.5 Å². The number of rotatable bonds is 9. The Morgan fingerprint density at radius 2 is 1.80 bits per heavy atom. The normalized spacial score (nSPS) is 10.9. The van der Waals surface area contributed by atoms with E-state index in [9.17, 15) is 14.4 Å². The first kappa shape index (κ1) is 18.8. The Labute approximate surface area is 124 Å². The number of hydrogen-bond acceptors (Lipinski definition) is 4. The van der Waals surface area contributed by atoms with Crippen LogP contribution in [0.25, 0.3) is 0 Å². The summed E-state index contributed by atoms with van der Waals surface area (Å²) in [4.78, 5) is 33.7. The minimum Gasteiger partial charge on any atom is -0.481 e. The zero-order valence-corrected chi connectivity index (χ0v) is 13.1. The monoisotopic (exact) mass is 304 g/mol. The Morgan fingerprint density at radius 1 is 1.15 bits per heavy atom. The SMILES string of the molecule is CSCCCCNC(=O)NC(=O)CC(C)(C)CC(=O)O. The van der Waals surface area contributed by atoms with Crippen LogP contribution in [0, 0.1) is 5.41 Å². The lowest BCUT2D eigenvalue weighted by atomic mass is 9.85. The molecule has 20 heavy (non-hydrogen) atoms. The molecule has 0 aromatic rings. The van der Waals surface area contributed by atoms with Gasteiger partial charge in [-0.15, -0.1) is 0 Å². The number of hydrogen-bond donors (Lipinski definition) is 3. The number of carboxylic acid groups (broad SMARTS) is 1. The highest BCUT2D eigenvalue weighted by Crippen LogP contribution is 2.24. The lowest BCUT2D eigenvalue weighted by Crippen LogP contribution is -2.41. The van der Waals surface area contributed by atoms with Gasteiger partial charge in [-0.2, -0.15) is 11.8 Å². The van der Waals surface area contributed by atoms with Gasteiger partial charge in [0.2, 0.25) is 5.91 Å². The lowest BCUT2D eigenvalue weighted by molar-refractivity contribution is -0.139. The molecule has 0 aromatic carbocycles. The van der Waals surface area contributed by atoms with Gasteiger partial charge in [-0.1, -0.05) is 13.8 Å². The molecule has 0 atom stereocenters. The summed E-state index contributed by atoms with van der Waals surface area (Å²) in [5.74, 6) is -0.370. The van der Waals surface area contributed by atoms with Crippen molar-refractivity contribution >= 4 is 29.7 Å². The number of imide groups is 1. The highest BCUT2D eigenvalue weighted by atomic mass is 32.2. The summed E-state index contributed by atoms with van der Waals surface area (Å²) < 4.78 is 0. The first-order chi connectivity index (χ1) is 9.26. The summed E-state index contributed by atoms with van der Waals surface area (Å²) in [6.07, 6.45) is 3.79. The maximum absolute atomic E-state index is 11.6. The smallest absolute Gasteiger partial charge is 0.321 e. The Bertz CT molecular complexity index is 345. The predicted octanol–water partition coefficient (Wildman–Crippen LogP) is 1.85. The quantitative estimate of drug-likeness (QED) is 0.565. The van der Waals surface area contributed by atoms with Crippen molar-refractivity contribution in [3.63, 3.8) is 0 Å². The molecule has 0 saturated carbocycles. The molecule has 0 rings (SSSR count). The summed E-state index contributed by atoms with van der Waals surface area (Å²) in [6.45, 7) is 3.89. The van der Waals surface area contributed by atoms with Crippen LogP contribution >= 0.6 is 11.8 Å². The van der Waals surface area contributed by atoms with Crippen molar-refractivity contribution in [1.29, 1.82) is 0 Å². The van der Waals surface area contributed by atoms with E-state index in [-0.39, 0.29) is 12.8 Å². The van der Waals surface area contributed by atoms with Gasteiger partial charge in [0.25, 0.3) is 0 Å². The van der Waals surface area contributed by atoms with Crippen LogP contribution in [0.15, 0.2) is 0 Å². The summed E-state index contributed by atoms with van der Waals surface area (Å²) in [5, 5.41) is 13.5. The van der Waals surface area contributed by atoms with E-state index in [1.54, 1.807) is 25.6 Å². The molecule has 3 N–H and O–H groups in total. The summed E-state index contributed by atoms with van der Waals surface area (Å²) >= 11 is 1.75. The maximum Gasteiger partial charge on any atom is 0.321 e. The Kier molecular flexibility index (Phi) is 9.03. The van der Waals surface area contributed by atoms with Crippen molar-refractivity contribution in [3.8, 4) is 0 Å². The van der Waals surface area contributed by atoms with E-state index in [0.717, 1.165) is 18.6 Å². The number of unbranched alkanes of at least 4 members (excludes halogenated alkanes) is 1. The molecule has 0 heterocycles. The zero-order chi connectivity index (χ0) is 15.6. The highest BCUT2D eigenvalue weighted by Gasteiger charge is 2.25. The molecule has 0 aliphatic heterocycles. The maximum atomic E-state index is 11.6. The van der Waals surface area contributed by atoms with Crippen molar-refractivity contribution in [2.24, 2.45) is 5.41 Å². The molecule has 0 unspecified atom stereocenters. The number of nitrogens with one attached hydrogen (secondary N) is 2. The Hall–Kier alpha value is -1.24. The molecule has 0 fully saturated rings. The summed E-state index contributed by atoms with van der Waals surface area (Å²) in [5.41, 5.74) is -0.672. The predicted molar refractivity (Wildman–Crippen MR) is 79.8 cm³/mol. The molecule has 7 heteroatoms. The van der Waals surface area contributed by atoms with Crippen molar-refractivity contribution < 1.29 is 19.5 Å². The number of amides is 3. The van der Waals surface area contributed by atoms with Gasteiger partial charge in [0, 0.05) is 13.0 Å². The molecule has 0 spiro atoms. The lowest BCUT2D eigenvalue weighted by Gasteiger charge is -2.21. The molecule has 0 radical (unpaired) electrons. The fourth-order valence-electron chi connectivity index (χ4n) is 1.69. The fraction of sp³-hybridized carbons (Fsp3) is 0.769.